The number of amides is 1. The molecule has 0 aliphatic heterocycles. The summed E-state index contributed by atoms with van der Waals surface area (Å²) in [5.41, 5.74) is 2.50. The lowest BCUT2D eigenvalue weighted by molar-refractivity contribution is -0.128. The number of nitrogens with zero attached hydrogens (tertiary/aromatic N) is 4. The van der Waals surface area contributed by atoms with Crippen LogP contribution in [0.5, 0.6) is 0 Å². The standard InChI is InChI=1S/C25H24N4O2S/c1-2-28(16-19-9-4-3-5-10-19)23(30)18-32-25-27-22-13-7-6-12-21(22)24(31)29(25)17-20-11-8-14-26-15-20/h3-15H,2,16-18H2,1H3. The number of hydrogen-bond acceptors (Lipinski definition) is 5. The van der Waals surface area contributed by atoms with Crippen LogP contribution in [0.4, 0.5) is 0 Å². The molecule has 2 aromatic carbocycles. The Morgan fingerprint density at radius 1 is 1.00 bits per heavy atom. The van der Waals surface area contributed by atoms with Crippen LogP contribution < -0.4 is 5.56 Å². The molecule has 0 aliphatic carbocycles. The van der Waals surface area contributed by atoms with E-state index in [4.69, 9.17) is 4.98 Å². The molecule has 32 heavy (non-hydrogen) atoms. The number of fused-ring (bicyclic) bond motifs is 1. The number of thioether (sulfide) groups is 1. The van der Waals surface area contributed by atoms with Crippen molar-refractivity contribution in [1.82, 2.24) is 19.4 Å². The van der Waals surface area contributed by atoms with Crippen LogP contribution in [-0.4, -0.2) is 37.6 Å². The SMILES string of the molecule is CCN(Cc1ccccc1)C(=O)CSc1nc2ccccc2c(=O)n1Cc1cccnc1. The molecular weight excluding hydrogens is 420 g/mol. The molecule has 0 unspecified atom stereocenters. The monoisotopic (exact) mass is 444 g/mol. The molecule has 2 aromatic heterocycles. The van der Waals surface area contributed by atoms with E-state index in [0.717, 1.165) is 11.1 Å². The van der Waals surface area contributed by atoms with Crippen LogP contribution in [0, 0.1) is 0 Å². The van der Waals surface area contributed by atoms with Crippen LogP contribution in [0.15, 0.2) is 89.1 Å². The van der Waals surface area contributed by atoms with Crippen LogP contribution in [0.2, 0.25) is 0 Å². The summed E-state index contributed by atoms with van der Waals surface area (Å²) in [4.78, 5) is 36.8. The Balaban J connectivity index is 1.59. The minimum absolute atomic E-state index is 0.0108. The van der Waals surface area contributed by atoms with Crippen LogP contribution in [0.1, 0.15) is 18.1 Å². The lowest BCUT2D eigenvalue weighted by Crippen LogP contribution is -2.32. The predicted octanol–water partition coefficient (Wildman–Crippen LogP) is 3.98. The molecule has 162 valence electrons. The van der Waals surface area contributed by atoms with Crippen LogP contribution in [0.25, 0.3) is 10.9 Å². The first-order chi connectivity index (χ1) is 15.7. The number of hydrogen-bond donors (Lipinski definition) is 0. The van der Waals surface area contributed by atoms with Crippen molar-refractivity contribution in [3.8, 4) is 0 Å². The molecule has 2 heterocycles. The van der Waals surface area contributed by atoms with Gasteiger partial charge in [-0.2, -0.15) is 0 Å². The number of rotatable bonds is 8. The van der Waals surface area contributed by atoms with Crippen LogP contribution >= 0.6 is 11.8 Å². The number of pyridine rings is 1. The van der Waals surface area contributed by atoms with Gasteiger partial charge in [-0.1, -0.05) is 60.3 Å². The number of carbonyl (C=O) groups is 1. The topological polar surface area (TPSA) is 68.1 Å². The first-order valence-corrected chi connectivity index (χ1v) is 11.5. The summed E-state index contributed by atoms with van der Waals surface area (Å²) in [7, 11) is 0. The van der Waals surface area contributed by atoms with E-state index in [-0.39, 0.29) is 17.2 Å². The van der Waals surface area contributed by atoms with E-state index >= 15 is 0 Å². The van der Waals surface area contributed by atoms with Crippen molar-refractivity contribution in [3.05, 3.63) is 101 Å². The maximum atomic E-state index is 13.2. The van der Waals surface area contributed by atoms with E-state index in [1.807, 2.05) is 72.5 Å². The summed E-state index contributed by atoms with van der Waals surface area (Å²) in [5.74, 6) is 0.218. The maximum Gasteiger partial charge on any atom is 0.262 e. The van der Waals surface area contributed by atoms with Gasteiger partial charge in [-0.15, -0.1) is 0 Å². The third kappa shape index (κ3) is 5.06. The van der Waals surface area contributed by atoms with Gasteiger partial charge in [0.15, 0.2) is 5.16 Å². The Bertz CT molecular complexity index is 1260. The van der Waals surface area contributed by atoms with Crippen molar-refractivity contribution in [2.45, 2.75) is 25.2 Å². The molecular formula is C25H24N4O2S. The summed E-state index contributed by atoms with van der Waals surface area (Å²) in [5, 5.41) is 1.09. The molecule has 7 heteroatoms. The molecule has 0 saturated carbocycles. The summed E-state index contributed by atoms with van der Waals surface area (Å²) in [6, 6.07) is 21.0. The average Bonchev–Trinajstić information content (AvgIpc) is 2.84. The van der Waals surface area contributed by atoms with E-state index < -0.39 is 0 Å². The fourth-order valence-electron chi connectivity index (χ4n) is 3.47. The van der Waals surface area contributed by atoms with Gasteiger partial charge in [-0.05, 0) is 36.2 Å². The first-order valence-electron chi connectivity index (χ1n) is 10.5. The molecule has 0 spiro atoms. The fourth-order valence-corrected chi connectivity index (χ4v) is 4.37. The molecule has 4 aromatic rings. The molecule has 0 atom stereocenters. The average molecular weight is 445 g/mol. The van der Waals surface area contributed by atoms with Crippen LogP contribution in [0.3, 0.4) is 0 Å². The second-order valence-corrected chi connectivity index (χ2v) is 8.29. The van der Waals surface area contributed by atoms with E-state index in [2.05, 4.69) is 4.98 Å². The Kier molecular flexibility index (Phi) is 6.97. The highest BCUT2D eigenvalue weighted by Gasteiger charge is 2.17. The zero-order valence-electron chi connectivity index (χ0n) is 17.8. The smallest absolute Gasteiger partial charge is 0.262 e. The van der Waals surface area contributed by atoms with Gasteiger partial charge in [0.25, 0.3) is 5.56 Å². The third-order valence-electron chi connectivity index (χ3n) is 5.17. The summed E-state index contributed by atoms with van der Waals surface area (Å²) in [6.45, 7) is 3.49. The summed E-state index contributed by atoms with van der Waals surface area (Å²) >= 11 is 1.30. The Labute approximate surface area is 190 Å². The van der Waals surface area contributed by atoms with E-state index in [1.54, 1.807) is 23.0 Å². The molecule has 0 aliphatic rings. The molecule has 0 N–H and O–H groups in total. The van der Waals surface area contributed by atoms with Gasteiger partial charge >= 0.3 is 0 Å². The number of benzene rings is 2. The predicted molar refractivity (Wildman–Crippen MR) is 128 cm³/mol. The van der Waals surface area contributed by atoms with Gasteiger partial charge in [0, 0.05) is 25.5 Å². The lowest BCUT2D eigenvalue weighted by atomic mass is 10.2. The highest BCUT2D eigenvalue weighted by molar-refractivity contribution is 7.99. The van der Waals surface area contributed by atoms with Crippen molar-refractivity contribution in [3.63, 3.8) is 0 Å². The minimum Gasteiger partial charge on any atom is -0.338 e. The molecule has 0 saturated heterocycles. The number of para-hydroxylation sites is 1. The molecule has 1 amide bonds. The molecule has 6 nitrogen and oxygen atoms in total. The lowest BCUT2D eigenvalue weighted by Gasteiger charge is -2.21. The minimum atomic E-state index is -0.119. The highest BCUT2D eigenvalue weighted by atomic mass is 32.2. The summed E-state index contributed by atoms with van der Waals surface area (Å²) in [6.07, 6.45) is 3.44. The number of carbonyl (C=O) groups excluding carboxylic acids is 1. The van der Waals surface area contributed by atoms with Gasteiger partial charge in [-0.25, -0.2) is 4.98 Å². The zero-order chi connectivity index (χ0) is 22.3. The molecule has 4 rings (SSSR count). The molecule has 0 bridgehead atoms. The van der Waals surface area contributed by atoms with Crippen molar-refractivity contribution in [2.24, 2.45) is 0 Å². The van der Waals surface area contributed by atoms with Crippen molar-refractivity contribution in [2.75, 3.05) is 12.3 Å². The third-order valence-corrected chi connectivity index (χ3v) is 6.13. The zero-order valence-corrected chi connectivity index (χ0v) is 18.7. The van der Waals surface area contributed by atoms with E-state index in [0.29, 0.717) is 35.7 Å². The van der Waals surface area contributed by atoms with Gasteiger partial charge < -0.3 is 4.90 Å². The van der Waals surface area contributed by atoms with Gasteiger partial charge in [-0.3, -0.25) is 19.1 Å². The van der Waals surface area contributed by atoms with Gasteiger partial charge in [0.1, 0.15) is 0 Å². The van der Waals surface area contributed by atoms with Gasteiger partial charge in [0.2, 0.25) is 5.91 Å². The Hall–Kier alpha value is -3.45. The van der Waals surface area contributed by atoms with Gasteiger partial charge in [0.05, 0.1) is 23.2 Å². The normalized spacial score (nSPS) is 10.9. The van der Waals surface area contributed by atoms with E-state index in [9.17, 15) is 9.59 Å². The molecule has 0 radical (unpaired) electrons. The fraction of sp³-hybridized carbons (Fsp3) is 0.200. The van der Waals surface area contributed by atoms with Crippen molar-refractivity contribution >= 4 is 28.6 Å². The quantitative estimate of drug-likeness (QED) is 0.304. The first kappa shape index (κ1) is 21.8. The molecule has 0 fully saturated rings. The Morgan fingerprint density at radius 2 is 1.75 bits per heavy atom. The maximum absolute atomic E-state index is 13.2. The van der Waals surface area contributed by atoms with Crippen molar-refractivity contribution < 1.29 is 4.79 Å². The summed E-state index contributed by atoms with van der Waals surface area (Å²) < 4.78 is 1.63. The van der Waals surface area contributed by atoms with Crippen LogP contribution in [-0.2, 0) is 17.9 Å². The second kappa shape index (κ2) is 10.2. The largest absolute Gasteiger partial charge is 0.338 e. The second-order valence-electron chi connectivity index (χ2n) is 7.35. The van der Waals surface area contributed by atoms with Crippen molar-refractivity contribution in [1.29, 1.82) is 0 Å². The number of aromatic nitrogens is 3. The Morgan fingerprint density at radius 3 is 2.50 bits per heavy atom. The van der Waals surface area contributed by atoms with E-state index in [1.165, 1.54) is 11.8 Å². The highest BCUT2D eigenvalue weighted by Crippen LogP contribution is 2.20.